The van der Waals surface area contributed by atoms with Gasteiger partial charge >= 0.3 is 5.97 Å². The van der Waals surface area contributed by atoms with E-state index in [-0.39, 0.29) is 11.6 Å². The third-order valence-corrected chi connectivity index (χ3v) is 3.28. The van der Waals surface area contributed by atoms with Gasteiger partial charge in [-0.3, -0.25) is 0 Å². The molecule has 0 saturated carbocycles. The van der Waals surface area contributed by atoms with Gasteiger partial charge in [-0.15, -0.1) is 0 Å². The molecule has 1 aromatic heterocycles. The van der Waals surface area contributed by atoms with Gasteiger partial charge in [0.25, 0.3) is 0 Å². The van der Waals surface area contributed by atoms with E-state index in [0.29, 0.717) is 12.4 Å². The number of aryl methyl sites for hydroxylation is 1. The number of hydrogen-bond acceptors (Lipinski definition) is 4. The molecule has 0 spiro atoms. The van der Waals surface area contributed by atoms with Crippen molar-refractivity contribution >= 4 is 5.97 Å². The van der Waals surface area contributed by atoms with Crippen LogP contribution in [0, 0.1) is 0 Å². The van der Waals surface area contributed by atoms with E-state index >= 15 is 0 Å². The first-order chi connectivity index (χ1) is 9.13. The number of aromatic carboxylic acids is 1. The standard InChI is InChI=1S/C13H14N4O2/c14-10-5-6-11-15-12(16-17(11)7-10)8-1-3-9(4-2-8)13(18)19/h1-4,10H,5-7,14H2,(H,18,19). The predicted molar refractivity (Wildman–Crippen MR) is 68.7 cm³/mol. The molecule has 98 valence electrons. The van der Waals surface area contributed by atoms with E-state index < -0.39 is 5.97 Å². The van der Waals surface area contributed by atoms with E-state index in [1.165, 1.54) is 0 Å². The Kier molecular flexibility index (Phi) is 2.79. The summed E-state index contributed by atoms with van der Waals surface area (Å²) in [7, 11) is 0. The second-order valence-electron chi connectivity index (χ2n) is 4.72. The van der Waals surface area contributed by atoms with Gasteiger partial charge < -0.3 is 10.8 Å². The maximum absolute atomic E-state index is 10.8. The van der Waals surface area contributed by atoms with Crippen molar-refractivity contribution in [2.45, 2.75) is 25.4 Å². The third kappa shape index (κ3) is 2.22. The quantitative estimate of drug-likeness (QED) is 0.835. The van der Waals surface area contributed by atoms with Crippen LogP contribution >= 0.6 is 0 Å². The maximum Gasteiger partial charge on any atom is 0.335 e. The van der Waals surface area contributed by atoms with Gasteiger partial charge in [-0.2, -0.15) is 5.10 Å². The molecule has 2 heterocycles. The Labute approximate surface area is 109 Å². The highest BCUT2D eigenvalue weighted by atomic mass is 16.4. The molecule has 19 heavy (non-hydrogen) atoms. The lowest BCUT2D eigenvalue weighted by atomic mass is 10.1. The Bertz CT molecular complexity index is 618. The van der Waals surface area contributed by atoms with Crippen LogP contribution in [0.2, 0.25) is 0 Å². The van der Waals surface area contributed by atoms with Gasteiger partial charge in [0, 0.05) is 18.0 Å². The number of carbonyl (C=O) groups is 1. The molecule has 1 unspecified atom stereocenters. The Morgan fingerprint density at radius 2 is 2.11 bits per heavy atom. The zero-order valence-electron chi connectivity index (χ0n) is 10.3. The van der Waals surface area contributed by atoms with Gasteiger partial charge in [0.15, 0.2) is 5.82 Å². The molecule has 6 nitrogen and oxygen atoms in total. The summed E-state index contributed by atoms with van der Waals surface area (Å²) < 4.78 is 1.84. The minimum atomic E-state index is -0.936. The van der Waals surface area contributed by atoms with Crippen LogP contribution in [0.1, 0.15) is 22.6 Å². The highest BCUT2D eigenvalue weighted by Crippen LogP contribution is 2.19. The van der Waals surface area contributed by atoms with E-state index in [1.807, 2.05) is 4.68 Å². The lowest BCUT2D eigenvalue weighted by Gasteiger charge is -2.17. The van der Waals surface area contributed by atoms with Gasteiger partial charge in [0.2, 0.25) is 0 Å². The number of nitrogens with two attached hydrogens (primary N) is 1. The van der Waals surface area contributed by atoms with Gasteiger partial charge in [-0.05, 0) is 18.6 Å². The number of carboxylic acid groups (broad SMARTS) is 1. The molecule has 0 saturated heterocycles. The highest BCUT2D eigenvalue weighted by Gasteiger charge is 2.19. The van der Waals surface area contributed by atoms with Crippen LogP contribution in [0.5, 0.6) is 0 Å². The summed E-state index contributed by atoms with van der Waals surface area (Å²) in [5.74, 6) is 0.634. The lowest BCUT2D eigenvalue weighted by Crippen LogP contribution is -2.32. The van der Waals surface area contributed by atoms with E-state index in [1.54, 1.807) is 24.3 Å². The zero-order valence-corrected chi connectivity index (χ0v) is 10.3. The Morgan fingerprint density at radius 1 is 1.37 bits per heavy atom. The van der Waals surface area contributed by atoms with Crippen molar-refractivity contribution in [3.05, 3.63) is 35.7 Å². The Hall–Kier alpha value is -2.21. The topological polar surface area (TPSA) is 94.0 Å². The normalized spacial score (nSPS) is 18.1. The number of nitrogens with zero attached hydrogens (tertiary/aromatic N) is 3. The van der Waals surface area contributed by atoms with Crippen LogP contribution in [-0.4, -0.2) is 31.9 Å². The van der Waals surface area contributed by atoms with Gasteiger partial charge in [0.05, 0.1) is 12.1 Å². The zero-order chi connectivity index (χ0) is 13.4. The van der Waals surface area contributed by atoms with E-state index in [2.05, 4.69) is 10.1 Å². The fourth-order valence-corrected chi connectivity index (χ4v) is 2.22. The largest absolute Gasteiger partial charge is 0.478 e. The van der Waals surface area contributed by atoms with Crippen molar-refractivity contribution < 1.29 is 9.90 Å². The monoisotopic (exact) mass is 258 g/mol. The molecule has 3 N–H and O–H groups in total. The molecule has 1 aromatic carbocycles. The molecular weight excluding hydrogens is 244 g/mol. The Balaban J connectivity index is 1.92. The predicted octanol–water partition coefficient (Wildman–Crippen LogP) is 0.917. The molecule has 1 atom stereocenters. The second kappa shape index (κ2) is 4.47. The van der Waals surface area contributed by atoms with Gasteiger partial charge in [0.1, 0.15) is 5.82 Å². The van der Waals surface area contributed by atoms with Crippen LogP contribution in [0.4, 0.5) is 0 Å². The molecule has 0 bridgehead atoms. The summed E-state index contributed by atoms with van der Waals surface area (Å²) in [6.07, 6.45) is 1.76. The van der Waals surface area contributed by atoms with Crippen LogP contribution in [0.25, 0.3) is 11.4 Å². The molecule has 0 fully saturated rings. The summed E-state index contributed by atoms with van der Waals surface area (Å²) in [5.41, 5.74) is 6.98. The van der Waals surface area contributed by atoms with E-state index in [0.717, 1.165) is 24.2 Å². The lowest BCUT2D eigenvalue weighted by molar-refractivity contribution is 0.0697. The number of carboxylic acids is 1. The molecule has 1 aliphatic heterocycles. The molecular formula is C13H14N4O2. The third-order valence-electron chi connectivity index (χ3n) is 3.28. The SMILES string of the molecule is NC1CCc2nc(-c3ccc(C(=O)O)cc3)nn2C1. The van der Waals surface area contributed by atoms with Crippen molar-refractivity contribution in [1.82, 2.24) is 14.8 Å². The minimum Gasteiger partial charge on any atom is -0.478 e. The number of rotatable bonds is 2. The molecule has 0 amide bonds. The molecule has 2 aromatic rings. The van der Waals surface area contributed by atoms with Crippen molar-refractivity contribution in [2.75, 3.05) is 0 Å². The van der Waals surface area contributed by atoms with Crippen molar-refractivity contribution in [3.8, 4) is 11.4 Å². The number of hydrogen-bond donors (Lipinski definition) is 2. The first-order valence-corrected chi connectivity index (χ1v) is 6.16. The minimum absolute atomic E-state index is 0.136. The smallest absolute Gasteiger partial charge is 0.335 e. The first kappa shape index (κ1) is 11.9. The number of benzene rings is 1. The maximum atomic E-state index is 10.8. The molecule has 1 aliphatic rings. The van der Waals surface area contributed by atoms with Crippen LogP contribution in [0.15, 0.2) is 24.3 Å². The number of aromatic nitrogens is 3. The van der Waals surface area contributed by atoms with E-state index in [4.69, 9.17) is 10.8 Å². The first-order valence-electron chi connectivity index (χ1n) is 6.16. The molecule has 6 heteroatoms. The summed E-state index contributed by atoms with van der Waals surface area (Å²) in [5, 5.41) is 13.3. The van der Waals surface area contributed by atoms with Gasteiger partial charge in [-0.25, -0.2) is 14.5 Å². The fraction of sp³-hybridized carbons (Fsp3) is 0.308. The summed E-state index contributed by atoms with van der Waals surface area (Å²) in [6.45, 7) is 0.690. The summed E-state index contributed by atoms with van der Waals surface area (Å²) in [4.78, 5) is 15.3. The summed E-state index contributed by atoms with van der Waals surface area (Å²) in [6, 6.07) is 6.71. The molecule has 3 rings (SSSR count). The average Bonchev–Trinajstić information content (AvgIpc) is 2.81. The fourth-order valence-electron chi connectivity index (χ4n) is 2.22. The van der Waals surface area contributed by atoms with Crippen molar-refractivity contribution in [2.24, 2.45) is 5.73 Å². The van der Waals surface area contributed by atoms with Crippen LogP contribution < -0.4 is 5.73 Å². The van der Waals surface area contributed by atoms with Crippen LogP contribution in [-0.2, 0) is 13.0 Å². The molecule has 0 radical (unpaired) electrons. The van der Waals surface area contributed by atoms with Gasteiger partial charge in [-0.1, -0.05) is 12.1 Å². The van der Waals surface area contributed by atoms with Crippen molar-refractivity contribution in [1.29, 1.82) is 0 Å². The van der Waals surface area contributed by atoms with Crippen LogP contribution in [0.3, 0.4) is 0 Å². The van der Waals surface area contributed by atoms with Crippen molar-refractivity contribution in [3.63, 3.8) is 0 Å². The van der Waals surface area contributed by atoms with E-state index in [9.17, 15) is 4.79 Å². The number of fused-ring (bicyclic) bond motifs is 1. The summed E-state index contributed by atoms with van der Waals surface area (Å²) >= 11 is 0. The highest BCUT2D eigenvalue weighted by molar-refractivity contribution is 5.88. The second-order valence-corrected chi connectivity index (χ2v) is 4.72. The average molecular weight is 258 g/mol. The molecule has 0 aliphatic carbocycles. The Morgan fingerprint density at radius 3 is 2.79 bits per heavy atom.